The normalized spacial score (nSPS) is 17.9. The molecule has 3 N–H and O–H groups in total. The van der Waals surface area contributed by atoms with Gasteiger partial charge >= 0.3 is 0 Å². The van der Waals surface area contributed by atoms with Crippen molar-refractivity contribution in [1.29, 1.82) is 0 Å². The number of nitrogens with zero attached hydrogens (tertiary/aromatic N) is 5. The van der Waals surface area contributed by atoms with Crippen molar-refractivity contribution < 1.29 is 5.11 Å². The summed E-state index contributed by atoms with van der Waals surface area (Å²) in [6.07, 6.45) is 2.58. The summed E-state index contributed by atoms with van der Waals surface area (Å²) >= 11 is 0. The Morgan fingerprint density at radius 1 is 1.26 bits per heavy atom. The van der Waals surface area contributed by atoms with E-state index in [0.717, 1.165) is 36.3 Å². The first kappa shape index (κ1) is 25.5. The van der Waals surface area contributed by atoms with Gasteiger partial charge in [0.05, 0.1) is 6.10 Å². The Morgan fingerprint density at radius 3 is 2.71 bits per heavy atom. The fourth-order valence-corrected chi connectivity index (χ4v) is 3.84. The zero-order chi connectivity index (χ0) is 21.3. The molecule has 1 aromatic carbocycles. The molecule has 0 amide bonds. The number of rotatable bonds is 9. The van der Waals surface area contributed by atoms with E-state index in [0.29, 0.717) is 25.6 Å². The van der Waals surface area contributed by atoms with Gasteiger partial charge in [0.15, 0.2) is 11.8 Å². The molecule has 0 spiro atoms. The van der Waals surface area contributed by atoms with Crippen LogP contribution in [-0.4, -0.2) is 63.0 Å². The van der Waals surface area contributed by atoms with Crippen LogP contribution in [0.15, 0.2) is 35.3 Å². The molecule has 1 fully saturated rings. The second kappa shape index (κ2) is 13.0. The second-order valence-corrected chi connectivity index (χ2v) is 7.83. The average molecular weight is 541 g/mol. The van der Waals surface area contributed by atoms with Gasteiger partial charge in [-0.2, -0.15) is 0 Å². The van der Waals surface area contributed by atoms with Crippen LogP contribution in [-0.2, 0) is 13.6 Å². The Kier molecular flexibility index (Phi) is 10.7. The molecule has 0 bridgehead atoms. The van der Waals surface area contributed by atoms with Crippen LogP contribution in [0.5, 0.6) is 0 Å². The third-order valence-corrected chi connectivity index (χ3v) is 5.87. The van der Waals surface area contributed by atoms with Crippen LogP contribution in [0.25, 0.3) is 0 Å². The van der Waals surface area contributed by atoms with E-state index in [1.54, 1.807) is 0 Å². The average Bonchev–Trinajstić information content (AvgIpc) is 3.36. The fraction of sp³-hybridized carbons (Fsp3) is 0.591. The summed E-state index contributed by atoms with van der Waals surface area (Å²) in [6, 6.07) is 10.3. The number of benzene rings is 1. The maximum absolute atomic E-state index is 10.4. The number of aliphatic hydroxyl groups excluding tert-OH is 1. The highest BCUT2D eigenvalue weighted by Gasteiger charge is 2.22. The molecule has 3 rings (SSSR count). The van der Waals surface area contributed by atoms with Crippen LogP contribution in [0, 0.1) is 6.92 Å². The van der Waals surface area contributed by atoms with Crippen molar-refractivity contribution in [2.24, 2.45) is 12.0 Å². The summed E-state index contributed by atoms with van der Waals surface area (Å²) in [5.41, 5.74) is 0.935. The van der Waals surface area contributed by atoms with Crippen LogP contribution in [0.3, 0.4) is 0 Å². The van der Waals surface area contributed by atoms with E-state index in [9.17, 15) is 5.11 Å². The summed E-state index contributed by atoms with van der Waals surface area (Å²) < 4.78 is 1.95. The molecule has 2 heterocycles. The van der Waals surface area contributed by atoms with Crippen molar-refractivity contribution in [2.45, 2.75) is 51.8 Å². The zero-order valence-corrected chi connectivity index (χ0v) is 21.1. The summed E-state index contributed by atoms with van der Waals surface area (Å²) in [5.74, 6) is 2.45. The van der Waals surface area contributed by atoms with Gasteiger partial charge < -0.3 is 20.3 Å². The number of halogens is 1. The van der Waals surface area contributed by atoms with Crippen molar-refractivity contribution in [1.82, 2.24) is 30.3 Å². The predicted molar refractivity (Wildman–Crippen MR) is 135 cm³/mol. The number of aromatic nitrogens is 3. The lowest BCUT2D eigenvalue weighted by atomic mass is 10.1. The third kappa shape index (κ3) is 7.43. The molecule has 0 aliphatic carbocycles. The number of guanidine groups is 1. The molecular formula is C22H36IN7O. The molecule has 9 heteroatoms. The fourth-order valence-electron chi connectivity index (χ4n) is 3.84. The van der Waals surface area contributed by atoms with E-state index < -0.39 is 6.10 Å². The van der Waals surface area contributed by atoms with Crippen molar-refractivity contribution in [3.63, 3.8) is 0 Å². The lowest BCUT2D eigenvalue weighted by molar-refractivity contribution is 0.168. The monoisotopic (exact) mass is 541 g/mol. The minimum absolute atomic E-state index is 0. The Labute approximate surface area is 202 Å². The maximum atomic E-state index is 10.4. The van der Waals surface area contributed by atoms with Crippen molar-refractivity contribution in [3.8, 4) is 0 Å². The van der Waals surface area contributed by atoms with Gasteiger partial charge in [0, 0.05) is 26.2 Å². The number of aliphatic imine (C=N–C) groups is 1. The molecular weight excluding hydrogens is 505 g/mol. The molecule has 1 aliphatic rings. The van der Waals surface area contributed by atoms with Crippen LogP contribution in [0.2, 0.25) is 0 Å². The molecule has 1 aliphatic heterocycles. The Bertz CT molecular complexity index is 811. The largest absolute Gasteiger partial charge is 0.388 e. The van der Waals surface area contributed by atoms with E-state index in [2.05, 4.69) is 32.7 Å². The van der Waals surface area contributed by atoms with Crippen molar-refractivity contribution >= 4 is 29.9 Å². The molecule has 2 unspecified atom stereocenters. The van der Waals surface area contributed by atoms with Crippen LogP contribution >= 0.6 is 24.0 Å². The van der Waals surface area contributed by atoms with Gasteiger partial charge in [0.2, 0.25) is 0 Å². The number of aliphatic hydroxyl groups is 1. The highest BCUT2D eigenvalue weighted by atomic mass is 127. The molecule has 0 radical (unpaired) electrons. The van der Waals surface area contributed by atoms with Crippen molar-refractivity contribution in [2.75, 3.05) is 26.2 Å². The molecule has 2 aromatic rings. The zero-order valence-electron chi connectivity index (χ0n) is 18.8. The third-order valence-electron chi connectivity index (χ3n) is 5.87. The highest BCUT2D eigenvalue weighted by molar-refractivity contribution is 14.0. The number of likely N-dealkylation sites (tertiary alicyclic amines) is 1. The molecule has 2 atom stereocenters. The first-order valence-electron chi connectivity index (χ1n) is 10.9. The van der Waals surface area contributed by atoms with E-state index in [-0.39, 0.29) is 24.0 Å². The Hall–Kier alpha value is -1.72. The lowest BCUT2D eigenvalue weighted by Gasteiger charge is -2.24. The van der Waals surface area contributed by atoms with Gasteiger partial charge in [-0.25, -0.2) is 4.99 Å². The number of nitrogens with one attached hydrogen (secondary N) is 2. The first-order valence-corrected chi connectivity index (χ1v) is 10.9. The topological polar surface area (TPSA) is 90.6 Å². The first-order chi connectivity index (χ1) is 14.6. The van der Waals surface area contributed by atoms with Gasteiger partial charge in [0.25, 0.3) is 0 Å². The van der Waals surface area contributed by atoms with Crippen LogP contribution in [0.4, 0.5) is 0 Å². The summed E-state index contributed by atoms with van der Waals surface area (Å²) in [7, 11) is 1.95. The van der Waals surface area contributed by atoms with E-state index in [1.807, 2.05) is 48.9 Å². The molecule has 172 valence electrons. The molecule has 1 saturated heterocycles. The highest BCUT2D eigenvalue weighted by Crippen LogP contribution is 2.16. The van der Waals surface area contributed by atoms with E-state index >= 15 is 0 Å². The van der Waals surface area contributed by atoms with Crippen LogP contribution < -0.4 is 10.6 Å². The lowest BCUT2D eigenvalue weighted by Crippen LogP contribution is -2.45. The Morgan fingerprint density at radius 2 is 2.03 bits per heavy atom. The molecule has 0 saturated carbocycles. The summed E-state index contributed by atoms with van der Waals surface area (Å²) in [5, 5.41) is 25.6. The second-order valence-electron chi connectivity index (χ2n) is 7.83. The minimum atomic E-state index is -0.494. The quantitative estimate of drug-likeness (QED) is 0.257. The number of aryl methyl sites for hydroxylation is 1. The SMILES string of the molecule is CCN1CCCC1CNC(=NCc1nnc(C)n1C)NCCC(O)c1ccccc1.I. The van der Waals surface area contributed by atoms with Gasteiger partial charge in [0.1, 0.15) is 12.4 Å². The predicted octanol–water partition coefficient (Wildman–Crippen LogP) is 2.38. The molecule has 8 nitrogen and oxygen atoms in total. The number of hydrogen-bond donors (Lipinski definition) is 3. The van der Waals surface area contributed by atoms with E-state index in [4.69, 9.17) is 4.99 Å². The number of hydrogen-bond acceptors (Lipinski definition) is 5. The smallest absolute Gasteiger partial charge is 0.191 e. The maximum Gasteiger partial charge on any atom is 0.191 e. The number of likely N-dealkylation sites (N-methyl/N-ethyl adjacent to an activating group) is 1. The van der Waals surface area contributed by atoms with Gasteiger partial charge in [-0.05, 0) is 44.8 Å². The standard InChI is InChI=1S/C22H35N7O.HI/c1-4-29-14-8-11-19(29)15-24-22(25-16-21-27-26-17(2)28(21)3)23-13-12-20(30)18-9-6-5-7-10-18;/h5-7,9-10,19-20,30H,4,8,11-16H2,1-3H3,(H2,23,24,25);1H. The van der Waals surface area contributed by atoms with Gasteiger partial charge in [-0.1, -0.05) is 37.3 Å². The minimum Gasteiger partial charge on any atom is -0.388 e. The van der Waals surface area contributed by atoms with Gasteiger partial charge in [-0.15, -0.1) is 34.2 Å². The van der Waals surface area contributed by atoms with Gasteiger partial charge in [-0.3, -0.25) is 4.90 Å². The van der Waals surface area contributed by atoms with Crippen LogP contribution in [0.1, 0.15) is 49.5 Å². The molecule has 1 aromatic heterocycles. The van der Waals surface area contributed by atoms with Crippen molar-refractivity contribution in [3.05, 3.63) is 47.5 Å². The summed E-state index contributed by atoms with van der Waals surface area (Å²) in [4.78, 5) is 7.23. The summed E-state index contributed by atoms with van der Waals surface area (Å²) in [6.45, 7) is 8.34. The molecule has 31 heavy (non-hydrogen) atoms. The Balaban J connectivity index is 0.00000341. The van der Waals surface area contributed by atoms with E-state index in [1.165, 1.54) is 19.4 Å².